The number of carbonyl (C=O) groups is 2. The Balaban J connectivity index is 1.62. The van der Waals surface area contributed by atoms with Gasteiger partial charge in [0.05, 0.1) is 20.0 Å². The van der Waals surface area contributed by atoms with Crippen molar-refractivity contribution in [3.05, 3.63) is 77.4 Å². The molecule has 0 aromatic heterocycles. The fraction of sp³-hybridized carbons (Fsp3) is 0.130. The minimum Gasteiger partial charge on any atom is -0.496 e. The third-order valence-electron chi connectivity index (χ3n) is 4.51. The van der Waals surface area contributed by atoms with E-state index in [1.807, 2.05) is 5.32 Å². The number of amides is 2. The lowest BCUT2D eigenvalue weighted by Crippen LogP contribution is -2.17. The Kier molecular flexibility index (Phi) is 8.00. The maximum absolute atomic E-state index is 13.7. The summed E-state index contributed by atoms with van der Waals surface area (Å²) in [6, 6.07) is 11.4. The van der Waals surface area contributed by atoms with Gasteiger partial charge in [0, 0.05) is 16.6 Å². The van der Waals surface area contributed by atoms with Crippen LogP contribution in [0.25, 0.3) is 0 Å². The molecule has 2 amide bonds. The minimum absolute atomic E-state index is 0.0549. The van der Waals surface area contributed by atoms with Gasteiger partial charge in [-0.2, -0.15) is 0 Å². The van der Waals surface area contributed by atoms with Gasteiger partial charge in [-0.3, -0.25) is 9.59 Å². The van der Waals surface area contributed by atoms with Crippen LogP contribution in [0.5, 0.6) is 11.5 Å². The van der Waals surface area contributed by atoms with E-state index in [0.717, 1.165) is 11.8 Å². The van der Waals surface area contributed by atoms with Gasteiger partial charge in [0.1, 0.15) is 22.7 Å². The average molecular weight is 494 g/mol. The molecule has 0 aliphatic heterocycles. The number of thioether (sulfide) groups is 1. The van der Waals surface area contributed by atoms with E-state index in [1.165, 1.54) is 14.2 Å². The molecule has 0 heterocycles. The first-order chi connectivity index (χ1) is 16.2. The Morgan fingerprint density at radius 1 is 0.853 bits per heavy atom. The number of hydrogen-bond donors (Lipinski definition) is 2. The molecule has 34 heavy (non-hydrogen) atoms. The van der Waals surface area contributed by atoms with Crippen LogP contribution in [0.2, 0.25) is 0 Å². The van der Waals surface area contributed by atoms with Gasteiger partial charge in [0.2, 0.25) is 5.91 Å². The fourth-order valence-electron chi connectivity index (χ4n) is 2.91. The number of ether oxygens (including phenoxy) is 2. The van der Waals surface area contributed by atoms with Gasteiger partial charge in [-0.25, -0.2) is 17.6 Å². The van der Waals surface area contributed by atoms with Crippen molar-refractivity contribution in [1.82, 2.24) is 0 Å². The third kappa shape index (κ3) is 5.60. The Bertz CT molecular complexity index is 1170. The van der Waals surface area contributed by atoms with E-state index in [-0.39, 0.29) is 17.4 Å². The van der Waals surface area contributed by atoms with Crippen molar-refractivity contribution in [1.29, 1.82) is 0 Å². The van der Waals surface area contributed by atoms with Crippen LogP contribution in [0.15, 0.2) is 53.4 Å². The number of halogens is 4. The Morgan fingerprint density at radius 3 is 1.94 bits per heavy atom. The standard InChI is InChI=1S/C23H18F4N2O4S/c1-32-16-4-3-5-17(33-2)19(16)23(31)28-12-6-8-13(9-7-12)34-11-18(30)29-22-20(26)14(24)10-15(25)21(22)27/h3-10H,11H2,1-2H3,(H,28,31)(H,29,30). The molecule has 0 saturated heterocycles. The van der Waals surface area contributed by atoms with E-state index in [1.54, 1.807) is 42.5 Å². The number of methoxy groups -OCH3 is 2. The summed E-state index contributed by atoms with van der Waals surface area (Å²) in [6.45, 7) is 0. The first-order valence-corrected chi connectivity index (χ1v) is 10.6. The maximum Gasteiger partial charge on any atom is 0.263 e. The van der Waals surface area contributed by atoms with Gasteiger partial charge >= 0.3 is 0 Å². The van der Waals surface area contributed by atoms with Crippen molar-refractivity contribution in [2.24, 2.45) is 0 Å². The van der Waals surface area contributed by atoms with E-state index in [4.69, 9.17) is 9.47 Å². The molecule has 0 radical (unpaired) electrons. The van der Waals surface area contributed by atoms with E-state index in [9.17, 15) is 27.2 Å². The summed E-state index contributed by atoms with van der Waals surface area (Å²) in [6.07, 6.45) is 0. The van der Waals surface area contributed by atoms with Gasteiger partial charge in [-0.15, -0.1) is 11.8 Å². The molecule has 0 bridgehead atoms. The molecule has 0 unspecified atom stereocenters. The third-order valence-corrected chi connectivity index (χ3v) is 5.53. The zero-order valence-electron chi connectivity index (χ0n) is 17.9. The van der Waals surface area contributed by atoms with Crippen LogP contribution < -0.4 is 20.1 Å². The summed E-state index contributed by atoms with van der Waals surface area (Å²) in [7, 11) is 2.86. The average Bonchev–Trinajstić information content (AvgIpc) is 2.84. The molecule has 178 valence electrons. The summed E-state index contributed by atoms with van der Waals surface area (Å²) in [4.78, 5) is 25.3. The summed E-state index contributed by atoms with van der Waals surface area (Å²) in [5.74, 6) is -7.57. The summed E-state index contributed by atoms with van der Waals surface area (Å²) in [5, 5.41) is 4.55. The molecule has 0 fully saturated rings. The normalized spacial score (nSPS) is 10.5. The van der Waals surface area contributed by atoms with Gasteiger partial charge in [-0.1, -0.05) is 6.07 Å². The monoisotopic (exact) mass is 494 g/mol. The van der Waals surface area contributed by atoms with Gasteiger partial charge in [-0.05, 0) is 36.4 Å². The highest BCUT2D eigenvalue weighted by molar-refractivity contribution is 8.00. The largest absolute Gasteiger partial charge is 0.496 e. The molecule has 3 aromatic carbocycles. The molecule has 3 aromatic rings. The zero-order valence-corrected chi connectivity index (χ0v) is 18.7. The number of benzene rings is 3. The fourth-order valence-corrected chi connectivity index (χ4v) is 3.61. The van der Waals surface area contributed by atoms with Crippen LogP contribution in [0, 0.1) is 23.3 Å². The van der Waals surface area contributed by atoms with Crippen LogP contribution in [0.1, 0.15) is 10.4 Å². The van der Waals surface area contributed by atoms with Gasteiger partial charge in [0.25, 0.3) is 5.91 Å². The topological polar surface area (TPSA) is 76.7 Å². The van der Waals surface area contributed by atoms with E-state index in [2.05, 4.69) is 5.32 Å². The molecule has 11 heteroatoms. The molecule has 0 aliphatic carbocycles. The highest BCUT2D eigenvalue weighted by Gasteiger charge is 2.21. The number of carbonyl (C=O) groups excluding carboxylic acids is 2. The molecule has 0 atom stereocenters. The Morgan fingerprint density at radius 2 is 1.41 bits per heavy atom. The van der Waals surface area contributed by atoms with Crippen LogP contribution in [-0.4, -0.2) is 31.8 Å². The first kappa shape index (κ1) is 24.9. The lowest BCUT2D eigenvalue weighted by atomic mass is 10.1. The predicted molar refractivity (Wildman–Crippen MR) is 120 cm³/mol. The van der Waals surface area contributed by atoms with Crippen LogP contribution in [0.4, 0.5) is 28.9 Å². The first-order valence-electron chi connectivity index (χ1n) is 9.63. The molecular formula is C23H18F4N2O4S. The molecule has 0 saturated carbocycles. The molecule has 6 nitrogen and oxygen atoms in total. The number of hydrogen-bond acceptors (Lipinski definition) is 5. The summed E-state index contributed by atoms with van der Waals surface area (Å²) >= 11 is 1.01. The summed E-state index contributed by atoms with van der Waals surface area (Å²) in [5.41, 5.74) is -0.519. The molecule has 0 spiro atoms. The number of rotatable bonds is 8. The van der Waals surface area contributed by atoms with Gasteiger partial charge in [0.15, 0.2) is 23.3 Å². The Labute approximate surface area is 196 Å². The molecular weight excluding hydrogens is 476 g/mol. The van der Waals surface area contributed by atoms with Crippen molar-refractivity contribution in [2.75, 3.05) is 30.6 Å². The van der Waals surface area contributed by atoms with E-state index in [0.29, 0.717) is 22.1 Å². The zero-order chi connectivity index (χ0) is 24.8. The van der Waals surface area contributed by atoms with Crippen LogP contribution in [-0.2, 0) is 4.79 Å². The lowest BCUT2D eigenvalue weighted by Gasteiger charge is -2.13. The molecule has 2 N–H and O–H groups in total. The SMILES string of the molecule is COc1cccc(OC)c1C(=O)Nc1ccc(SCC(=O)Nc2c(F)c(F)cc(F)c2F)cc1. The second-order valence-electron chi connectivity index (χ2n) is 6.70. The van der Waals surface area contributed by atoms with Crippen molar-refractivity contribution in [2.45, 2.75) is 4.90 Å². The highest BCUT2D eigenvalue weighted by Crippen LogP contribution is 2.30. The van der Waals surface area contributed by atoms with Crippen LogP contribution >= 0.6 is 11.8 Å². The quantitative estimate of drug-likeness (QED) is 0.254. The predicted octanol–water partition coefficient (Wildman–Crippen LogP) is 5.24. The lowest BCUT2D eigenvalue weighted by molar-refractivity contribution is -0.113. The van der Waals surface area contributed by atoms with Crippen molar-refractivity contribution in [3.63, 3.8) is 0 Å². The molecule has 3 rings (SSSR count). The second-order valence-corrected chi connectivity index (χ2v) is 7.74. The maximum atomic E-state index is 13.7. The van der Waals surface area contributed by atoms with Crippen molar-refractivity contribution < 1.29 is 36.6 Å². The van der Waals surface area contributed by atoms with Crippen molar-refractivity contribution in [3.8, 4) is 11.5 Å². The summed E-state index contributed by atoms with van der Waals surface area (Å²) < 4.78 is 64.3. The van der Waals surface area contributed by atoms with Crippen LogP contribution in [0.3, 0.4) is 0 Å². The number of anilines is 2. The van der Waals surface area contributed by atoms with Crippen molar-refractivity contribution >= 4 is 35.0 Å². The second kappa shape index (κ2) is 10.9. The number of nitrogens with one attached hydrogen (secondary N) is 2. The minimum atomic E-state index is -1.69. The highest BCUT2D eigenvalue weighted by atomic mass is 32.2. The van der Waals surface area contributed by atoms with E-state index < -0.39 is 40.8 Å². The smallest absolute Gasteiger partial charge is 0.263 e. The van der Waals surface area contributed by atoms with Gasteiger partial charge < -0.3 is 20.1 Å². The van der Waals surface area contributed by atoms with E-state index >= 15 is 0 Å². The Hall–Kier alpha value is -3.73. The molecule has 0 aliphatic rings.